The van der Waals surface area contributed by atoms with Crippen molar-refractivity contribution in [2.24, 2.45) is 7.05 Å². The Hall–Kier alpha value is -3.61. The third kappa shape index (κ3) is 3.46. The van der Waals surface area contributed by atoms with E-state index in [1.165, 1.54) is 0 Å². The van der Waals surface area contributed by atoms with Crippen LogP contribution >= 0.6 is 0 Å². The molecule has 0 fully saturated rings. The van der Waals surface area contributed by atoms with Crippen LogP contribution in [0.1, 0.15) is 27.2 Å². The second-order valence-electron chi connectivity index (χ2n) is 6.75. The molecule has 142 valence electrons. The molecule has 0 unspecified atom stereocenters. The highest BCUT2D eigenvalue weighted by atomic mass is 16.4. The molecule has 7 nitrogen and oxygen atoms in total. The molecule has 7 heteroatoms. The minimum atomic E-state index is -0.637. The summed E-state index contributed by atoms with van der Waals surface area (Å²) in [7, 11) is 1.75. The number of nitrogens with one attached hydrogen (secondary N) is 2. The molecule has 4 rings (SSSR count). The van der Waals surface area contributed by atoms with Crippen LogP contribution in [-0.2, 0) is 19.9 Å². The first kappa shape index (κ1) is 17.8. The largest absolute Gasteiger partial charge is 0.427 e. The maximum absolute atomic E-state index is 12.4. The molecule has 2 N–H and O–H groups in total. The van der Waals surface area contributed by atoms with E-state index >= 15 is 0 Å². The monoisotopic (exact) mass is 376 g/mol. The van der Waals surface area contributed by atoms with Crippen LogP contribution in [0, 0.1) is 6.92 Å². The van der Waals surface area contributed by atoms with E-state index in [0.717, 1.165) is 22.9 Å². The highest BCUT2D eigenvalue weighted by Gasteiger charge is 2.18. The van der Waals surface area contributed by atoms with E-state index in [2.05, 4.69) is 21.5 Å². The van der Waals surface area contributed by atoms with E-state index < -0.39 is 11.5 Å². The van der Waals surface area contributed by atoms with Crippen molar-refractivity contribution in [1.29, 1.82) is 0 Å². The molecule has 0 saturated carbocycles. The first-order chi connectivity index (χ1) is 13.5. The number of nitrogens with zero attached hydrogens (tertiary/aromatic N) is 2. The summed E-state index contributed by atoms with van der Waals surface area (Å²) in [5, 5.41) is 7.86. The molecule has 3 aromatic heterocycles. The Morgan fingerprint density at radius 1 is 1.25 bits per heavy atom. The molecule has 0 saturated heterocycles. The molecular weight excluding hydrogens is 356 g/mol. The third-order valence-electron chi connectivity index (χ3n) is 4.70. The van der Waals surface area contributed by atoms with Gasteiger partial charge in [0.1, 0.15) is 11.3 Å². The number of H-pyrrole nitrogens is 1. The molecule has 0 bridgehead atoms. The lowest BCUT2D eigenvalue weighted by Gasteiger charge is -2.07. The molecular formula is C21H20N4O3. The van der Waals surface area contributed by atoms with Gasteiger partial charge < -0.3 is 14.7 Å². The zero-order chi connectivity index (χ0) is 19.7. The van der Waals surface area contributed by atoms with Crippen LogP contribution in [0.3, 0.4) is 0 Å². The number of aromatic nitrogens is 3. The average Bonchev–Trinajstić information content (AvgIpc) is 3.25. The molecule has 4 aromatic rings. The van der Waals surface area contributed by atoms with Gasteiger partial charge in [0.05, 0.1) is 0 Å². The van der Waals surface area contributed by atoms with E-state index in [-0.39, 0.29) is 5.56 Å². The lowest BCUT2D eigenvalue weighted by atomic mass is 10.1. The Kier molecular flexibility index (Phi) is 4.57. The second kappa shape index (κ2) is 7.19. The SMILES string of the molecule is Cc1cc(CCc2c[nH]c3ccccc23)oc(=O)c1C(=O)Nc1ccn(C)n1. The lowest BCUT2D eigenvalue weighted by molar-refractivity contribution is 0.102. The smallest absolute Gasteiger partial charge is 0.349 e. The van der Waals surface area contributed by atoms with Gasteiger partial charge in [-0.25, -0.2) is 4.79 Å². The van der Waals surface area contributed by atoms with Crippen molar-refractivity contribution >= 4 is 22.6 Å². The number of aryl methyl sites for hydroxylation is 4. The fourth-order valence-electron chi connectivity index (χ4n) is 3.33. The van der Waals surface area contributed by atoms with Crippen molar-refractivity contribution in [1.82, 2.24) is 14.8 Å². The van der Waals surface area contributed by atoms with Crippen molar-refractivity contribution in [2.75, 3.05) is 5.32 Å². The molecule has 0 aliphatic carbocycles. The Labute approximate surface area is 161 Å². The number of aromatic amines is 1. The van der Waals surface area contributed by atoms with Crippen LogP contribution in [0.5, 0.6) is 0 Å². The highest BCUT2D eigenvalue weighted by molar-refractivity contribution is 6.04. The predicted octanol–water partition coefficient (Wildman–Crippen LogP) is 3.20. The highest BCUT2D eigenvalue weighted by Crippen LogP contribution is 2.20. The molecule has 0 radical (unpaired) electrons. The van der Waals surface area contributed by atoms with Gasteiger partial charge in [0.15, 0.2) is 5.82 Å². The van der Waals surface area contributed by atoms with Gasteiger partial charge in [-0.05, 0) is 36.6 Å². The summed E-state index contributed by atoms with van der Waals surface area (Å²) in [6.45, 7) is 1.74. The number of carbonyl (C=O) groups excluding carboxylic acids is 1. The second-order valence-corrected chi connectivity index (χ2v) is 6.75. The van der Waals surface area contributed by atoms with Gasteiger partial charge in [-0.15, -0.1) is 0 Å². The van der Waals surface area contributed by atoms with Gasteiger partial charge in [-0.2, -0.15) is 5.10 Å². The molecule has 0 spiro atoms. The topological polar surface area (TPSA) is 92.9 Å². The van der Waals surface area contributed by atoms with E-state index in [1.807, 2.05) is 24.4 Å². The minimum absolute atomic E-state index is 0.00139. The summed E-state index contributed by atoms with van der Waals surface area (Å²) >= 11 is 0. The molecule has 0 aliphatic heterocycles. The standard InChI is InChI=1S/C21H20N4O3/c1-13-11-15(8-7-14-12-22-17-6-4-3-5-16(14)17)28-21(27)19(13)20(26)23-18-9-10-25(2)24-18/h3-6,9-12,22H,7-8H2,1-2H3,(H,23,24,26). The van der Waals surface area contributed by atoms with E-state index in [1.54, 1.807) is 37.0 Å². The van der Waals surface area contributed by atoms with Crippen molar-refractivity contribution < 1.29 is 9.21 Å². The maximum Gasteiger partial charge on any atom is 0.349 e. The van der Waals surface area contributed by atoms with Crippen LogP contribution in [0.25, 0.3) is 10.9 Å². The number of fused-ring (bicyclic) bond motifs is 1. The van der Waals surface area contributed by atoms with Crippen molar-refractivity contribution in [3.8, 4) is 0 Å². The number of amides is 1. The zero-order valence-electron chi connectivity index (χ0n) is 15.7. The van der Waals surface area contributed by atoms with Gasteiger partial charge in [0.25, 0.3) is 5.91 Å². The van der Waals surface area contributed by atoms with Crippen molar-refractivity contribution in [2.45, 2.75) is 19.8 Å². The lowest BCUT2D eigenvalue weighted by Crippen LogP contribution is -2.23. The summed E-state index contributed by atoms with van der Waals surface area (Å²) < 4.78 is 6.98. The summed E-state index contributed by atoms with van der Waals surface area (Å²) in [4.78, 5) is 28.1. The van der Waals surface area contributed by atoms with Crippen molar-refractivity contribution in [3.05, 3.63) is 81.7 Å². The van der Waals surface area contributed by atoms with Crippen LogP contribution in [-0.4, -0.2) is 20.7 Å². The molecule has 1 aromatic carbocycles. The number of anilines is 1. The van der Waals surface area contributed by atoms with Gasteiger partial charge >= 0.3 is 5.63 Å². The van der Waals surface area contributed by atoms with Crippen molar-refractivity contribution in [3.63, 3.8) is 0 Å². The summed E-state index contributed by atoms with van der Waals surface area (Å²) in [5.74, 6) is 0.421. The number of rotatable bonds is 5. The number of benzene rings is 1. The van der Waals surface area contributed by atoms with Gasteiger partial charge in [-0.1, -0.05) is 18.2 Å². The average molecular weight is 376 g/mol. The van der Waals surface area contributed by atoms with Crippen LogP contribution in [0.2, 0.25) is 0 Å². The third-order valence-corrected chi connectivity index (χ3v) is 4.70. The zero-order valence-corrected chi connectivity index (χ0v) is 15.7. The van der Waals surface area contributed by atoms with Gasteiger partial charge in [0, 0.05) is 42.8 Å². The number of hydrogen-bond donors (Lipinski definition) is 2. The van der Waals surface area contributed by atoms with Gasteiger partial charge in [0.2, 0.25) is 0 Å². The molecule has 1 amide bonds. The molecule has 28 heavy (non-hydrogen) atoms. The predicted molar refractivity (Wildman–Crippen MR) is 107 cm³/mol. The van der Waals surface area contributed by atoms with Gasteiger partial charge in [-0.3, -0.25) is 9.48 Å². The summed E-state index contributed by atoms with van der Waals surface area (Å²) in [6.07, 6.45) is 4.98. The Bertz CT molecular complexity index is 1220. The fourth-order valence-corrected chi connectivity index (χ4v) is 3.33. The van der Waals surface area contributed by atoms with E-state index in [9.17, 15) is 9.59 Å². The summed E-state index contributed by atoms with van der Waals surface area (Å²) in [5.41, 5.74) is 2.19. The number of para-hydroxylation sites is 1. The van der Waals surface area contributed by atoms with Crippen LogP contribution in [0.15, 0.2) is 58.0 Å². The van der Waals surface area contributed by atoms with Crippen LogP contribution < -0.4 is 10.9 Å². The maximum atomic E-state index is 12.4. The number of hydrogen-bond acceptors (Lipinski definition) is 4. The Balaban J connectivity index is 1.52. The fraction of sp³-hybridized carbons (Fsp3) is 0.190. The molecule has 0 atom stereocenters. The Morgan fingerprint density at radius 3 is 2.82 bits per heavy atom. The van der Waals surface area contributed by atoms with E-state index in [0.29, 0.717) is 23.6 Å². The minimum Gasteiger partial charge on any atom is -0.427 e. The molecule has 0 aliphatic rings. The summed E-state index contributed by atoms with van der Waals surface area (Å²) in [6, 6.07) is 11.5. The first-order valence-corrected chi connectivity index (χ1v) is 9.01. The Morgan fingerprint density at radius 2 is 2.07 bits per heavy atom. The first-order valence-electron chi connectivity index (χ1n) is 9.01. The quantitative estimate of drug-likeness (QED) is 0.559. The number of carbonyl (C=O) groups is 1. The van der Waals surface area contributed by atoms with Crippen LogP contribution in [0.4, 0.5) is 5.82 Å². The normalized spacial score (nSPS) is 11.1. The van der Waals surface area contributed by atoms with E-state index in [4.69, 9.17) is 4.42 Å². The molecule has 3 heterocycles.